The van der Waals surface area contributed by atoms with E-state index in [1.165, 1.54) is 23.9 Å². The van der Waals surface area contributed by atoms with Crippen molar-refractivity contribution in [2.45, 2.75) is 5.37 Å². The van der Waals surface area contributed by atoms with Gasteiger partial charge in [0.2, 0.25) is 0 Å². The highest BCUT2D eigenvalue weighted by molar-refractivity contribution is 7.99. The van der Waals surface area contributed by atoms with E-state index in [0.717, 1.165) is 6.07 Å². The second kappa shape index (κ2) is 6.26. The van der Waals surface area contributed by atoms with E-state index in [4.69, 9.17) is 11.6 Å². The van der Waals surface area contributed by atoms with E-state index in [2.05, 4.69) is 0 Å². The van der Waals surface area contributed by atoms with Crippen LogP contribution in [0.5, 0.6) is 0 Å². The molecule has 0 unspecified atom stereocenters. The minimum Gasteiger partial charge on any atom is -0.322 e. The van der Waals surface area contributed by atoms with Crippen LogP contribution in [0, 0.1) is 11.6 Å². The molecule has 22 heavy (non-hydrogen) atoms. The van der Waals surface area contributed by atoms with E-state index in [1.54, 1.807) is 29.2 Å². The van der Waals surface area contributed by atoms with Gasteiger partial charge in [0, 0.05) is 34.5 Å². The number of thioether (sulfide) groups is 1. The van der Waals surface area contributed by atoms with Crippen molar-refractivity contribution < 1.29 is 13.6 Å². The Morgan fingerprint density at radius 1 is 1.18 bits per heavy atom. The van der Waals surface area contributed by atoms with Gasteiger partial charge in [0.25, 0.3) is 5.91 Å². The monoisotopic (exact) mass is 339 g/mol. The molecule has 2 aromatic rings. The summed E-state index contributed by atoms with van der Waals surface area (Å²) in [7, 11) is 0. The lowest BCUT2D eigenvalue weighted by atomic mass is 10.1. The number of rotatable bonds is 2. The Kier molecular flexibility index (Phi) is 4.36. The average molecular weight is 340 g/mol. The molecule has 1 aliphatic rings. The molecule has 2 aromatic carbocycles. The summed E-state index contributed by atoms with van der Waals surface area (Å²) in [6.45, 7) is 0.521. The molecule has 3 rings (SSSR count). The molecule has 1 aliphatic heterocycles. The molecule has 0 bridgehead atoms. The summed E-state index contributed by atoms with van der Waals surface area (Å²) < 4.78 is 27.0. The molecule has 0 radical (unpaired) electrons. The van der Waals surface area contributed by atoms with Crippen molar-refractivity contribution in [3.8, 4) is 0 Å². The van der Waals surface area contributed by atoms with Gasteiger partial charge < -0.3 is 4.90 Å². The number of benzene rings is 2. The summed E-state index contributed by atoms with van der Waals surface area (Å²) in [5.74, 6) is -0.732. The Morgan fingerprint density at radius 3 is 2.59 bits per heavy atom. The molecular formula is C16H12ClF2NOS. The van der Waals surface area contributed by atoms with Crippen molar-refractivity contribution >= 4 is 29.3 Å². The van der Waals surface area contributed by atoms with Crippen LogP contribution in [0.1, 0.15) is 21.3 Å². The highest BCUT2D eigenvalue weighted by Gasteiger charge is 2.33. The summed E-state index contributed by atoms with van der Waals surface area (Å²) in [5, 5.41) is 0.109. The highest BCUT2D eigenvalue weighted by atomic mass is 35.5. The molecule has 0 saturated carbocycles. The van der Waals surface area contributed by atoms with E-state index < -0.39 is 17.0 Å². The molecule has 114 valence electrons. The maximum Gasteiger partial charge on any atom is 0.255 e. The molecule has 1 saturated heterocycles. The fourth-order valence-corrected chi connectivity index (χ4v) is 3.80. The molecular weight excluding hydrogens is 328 g/mol. The van der Waals surface area contributed by atoms with Crippen molar-refractivity contribution in [3.05, 3.63) is 70.2 Å². The zero-order valence-electron chi connectivity index (χ0n) is 11.4. The minimum absolute atomic E-state index is 0.185. The number of carbonyl (C=O) groups excluding carboxylic acids is 1. The lowest BCUT2D eigenvalue weighted by Gasteiger charge is -2.24. The van der Waals surface area contributed by atoms with Crippen LogP contribution >= 0.6 is 23.4 Å². The highest BCUT2D eigenvalue weighted by Crippen LogP contribution is 2.39. The Labute approximate surface area is 136 Å². The first kappa shape index (κ1) is 15.3. The maximum atomic E-state index is 14.0. The van der Waals surface area contributed by atoms with E-state index in [0.29, 0.717) is 28.4 Å². The molecule has 0 aromatic heterocycles. The van der Waals surface area contributed by atoms with Crippen LogP contribution in [-0.2, 0) is 0 Å². The van der Waals surface area contributed by atoms with Crippen molar-refractivity contribution in [1.82, 2.24) is 4.90 Å². The SMILES string of the molecule is O=C(c1ccc(Cl)cc1)N1CCS[C@H]1c1ccc(F)cc1F. The lowest BCUT2D eigenvalue weighted by molar-refractivity contribution is 0.0759. The fourth-order valence-electron chi connectivity index (χ4n) is 2.40. The topological polar surface area (TPSA) is 20.3 Å². The van der Waals surface area contributed by atoms with Crippen LogP contribution in [0.25, 0.3) is 0 Å². The molecule has 6 heteroatoms. The smallest absolute Gasteiger partial charge is 0.255 e. The number of halogens is 3. The van der Waals surface area contributed by atoms with Crippen LogP contribution in [-0.4, -0.2) is 23.1 Å². The van der Waals surface area contributed by atoms with Crippen LogP contribution < -0.4 is 0 Å². The summed E-state index contributed by atoms with van der Waals surface area (Å²) in [6.07, 6.45) is 0. The Hall–Kier alpha value is -1.59. The first-order valence-corrected chi connectivity index (χ1v) is 8.12. The van der Waals surface area contributed by atoms with Gasteiger partial charge >= 0.3 is 0 Å². The van der Waals surface area contributed by atoms with E-state index >= 15 is 0 Å². The van der Waals surface area contributed by atoms with E-state index in [1.807, 2.05) is 0 Å². The van der Waals surface area contributed by atoms with Crippen LogP contribution in [0.2, 0.25) is 5.02 Å². The Bertz CT molecular complexity index is 708. The predicted molar refractivity (Wildman–Crippen MR) is 84.0 cm³/mol. The molecule has 0 N–H and O–H groups in total. The Balaban J connectivity index is 1.89. The second-order valence-electron chi connectivity index (χ2n) is 4.89. The first-order chi connectivity index (χ1) is 10.6. The molecule has 2 nitrogen and oxygen atoms in total. The first-order valence-electron chi connectivity index (χ1n) is 6.69. The number of hydrogen-bond donors (Lipinski definition) is 0. The van der Waals surface area contributed by atoms with Crippen molar-refractivity contribution in [1.29, 1.82) is 0 Å². The van der Waals surface area contributed by atoms with E-state index in [9.17, 15) is 13.6 Å². The minimum atomic E-state index is -0.631. The fraction of sp³-hybridized carbons (Fsp3) is 0.188. The molecule has 0 aliphatic carbocycles. The summed E-state index contributed by atoms with van der Waals surface area (Å²) in [5.41, 5.74) is 0.825. The lowest BCUT2D eigenvalue weighted by Crippen LogP contribution is -2.30. The van der Waals surface area contributed by atoms with Crippen molar-refractivity contribution in [2.75, 3.05) is 12.3 Å². The molecule has 1 heterocycles. The third-order valence-electron chi connectivity index (χ3n) is 3.47. The van der Waals surface area contributed by atoms with Gasteiger partial charge in [0.1, 0.15) is 17.0 Å². The summed E-state index contributed by atoms with van der Waals surface area (Å²) in [4.78, 5) is 14.2. The van der Waals surface area contributed by atoms with Gasteiger partial charge in [0.05, 0.1) is 0 Å². The number of hydrogen-bond acceptors (Lipinski definition) is 2. The quantitative estimate of drug-likeness (QED) is 0.802. The van der Waals surface area contributed by atoms with Crippen LogP contribution in [0.3, 0.4) is 0 Å². The molecule has 1 amide bonds. The zero-order chi connectivity index (χ0) is 15.7. The van der Waals surface area contributed by atoms with Crippen molar-refractivity contribution in [3.63, 3.8) is 0 Å². The number of amides is 1. The third-order valence-corrected chi connectivity index (χ3v) is 4.97. The standard InChI is InChI=1S/C16H12ClF2NOS/c17-11-3-1-10(2-4-11)15(21)20-7-8-22-16(20)13-6-5-12(18)9-14(13)19/h1-6,9,16H,7-8H2/t16-/m0/s1. The largest absolute Gasteiger partial charge is 0.322 e. The van der Waals surface area contributed by atoms with Gasteiger partial charge in [-0.3, -0.25) is 4.79 Å². The molecule has 1 atom stereocenters. The van der Waals surface area contributed by atoms with E-state index in [-0.39, 0.29) is 5.91 Å². The maximum absolute atomic E-state index is 14.0. The normalized spacial score (nSPS) is 17.8. The van der Waals surface area contributed by atoms with Gasteiger partial charge in [-0.1, -0.05) is 17.7 Å². The van der Waals surface area contributed by atoms with Crippen LogP contribution in [0.4, 0.5) is 8.78 Å². The van der Waals surface area contributed by atoms with Gasteiger partial charge in [-0.15, -0.1) is 11.8 Å². The average Bonchev–Trinajstić information content (AvgIpc) is 2.96. The molecule has 0 spiro atoms. The molecule has 1 fully saturated rings. The van der Waals surface area contributed by atoms with Crippen LogP contribution in [0.15, 0.2) is 42.5 Å². The second-order valence-corrected chi connectivity index (χ2v) is 6.52. The Morgan fingerprint density at radius 2 is 1.91 bits per heavy atom. The third kappa shape index (κ3) is 2.96. The van der Waals surface area contributed by atoms with Gasteiger partial charge in [-0.05, 0) is 30.3 Å². The zero-order valence-corrected chi connectivity index (χ0v) is 13.0. The van der Waals surface area contributed by atoms with Gasteiger partial charge in [0.15, 0.2) is 0 Å². The summed E-state index contributed by atoms with van der Waals surface area (Å²) >= 11 is 7.29. The van der Waals surface area contributed by atoms with Gasteiger partial charge in [-0.25, -0.2) is 8.78 Å². The summed E-state index contributed by atoms with van der Waals surface area (Å²) in [6, 6.07) is 10.0. The number of nitrogens with zero attached hydrogens (tertiary/aromatic N) is 1. The predicted octanol–water partition coefficient (Wildman–Crippen LogP) is 4.51. The number of carbonyl (C=O) groups is 1. The van der Waals surface area contributed by atoms with Gasteiger partial charge in [-0.2, -0.15) is 0 Å². The van der Waals surface area contributed by atoms with Crippen molar-refractivity contribution in [2.24, 2.45) is 0 Å².